The monoisotopic (exact) mass is 627 g/mol. The van der Waals surface area contributed by atoms with Gasteiger partial charge in [-0.15, -0.1) is 0 Å². The Kier molecular flexibility index (Phi) is 9.06. The maximum Gasteiger partial charge on any atom is 0.325 e. The molecule has 0 aromatic heterocycles. The van der Waals surface area contributed by atoms with Crippen molar-refractivity contribution in [1.29, 1.82) is 0 Å². The molecule has 11 heteroatoms. The van der Waals surface area contributed by atoms with Crippen molar-refractivity contribution >= 4 is 35.3 Å². The number of nitrogens with one attached hydrogen (secondary N) is 2. The molecule has 46 heavy (non-hydrogen) atoms. The van der Waals surface area contributed by atoms with E-state index in [1.165, 1.54) is 4.90 Å². The van der Waals surface area contributed by atoms with Crippen LogP contribution < -0.4 is 15.5 Å². The molecule has 0 radical (unpaired) electrons. The third kappa shape index (κ3) is 5.51. The Morgan fingerprint density at radius 3 is 2.28 bits per heavy atom. The fourth-order valence-corrected chi connectivity index (χ4v) is 7.70. The van der Waals surface area contributed by atoms with Crippen molar-refractivity contribution in [3.8, 4) is 0 Å². The lowest BCUT2D eigenvalue weighted by atomic mass is 9.59. The van der Waals surface area contributed by atoms with Crippen LogP contribution in [0.3, 0.4) is 0 Å². The molecule has 2 aromatic rings. The van der Waals surface area contributed by atoms with Crippen molar-refractivity contribution < 1.29 is 28.7 Å². The second-order valence-electron chi connectivity index (χ2n) is 12.5. The van der Waals surface area contributed by atoms with Crippen molar-refractivity contribution in [3.63, 3.8) is 0 Å². The number of anilines is 1. The fourth-order valence-electron chi connectivity index (χ4n) is 7.70. The number of carbonyl (C=O) groups excluding carboxylic acids is 5. The molecule has 1 saturated carbocycles. The number of carbonyl (C=O) groups is 5. The summed E-state index contributed by atoms with van der Waals surface area (Å²) in [4.78, 5) is 75.5. The van der Waals surface area contributed by atoms with Crippen molar-refractivity contribution in [3.05, 3.63) is 77.4 Å². The Morgan fingerprint density at radius 2 is 1.61 bits per heavy atom. The smallest absolute Gasteiger partial charge is 0.325 e. The van der Waals surface area contributed by atoms with Gasteiger partial charge in [0.1, 0.15) is 5.54 Å². The molecule has 0 bridgehead atoms. The minimum absolute atomic E-state index is 0.166. The predicted octanol–water partition coefficient (Wildman–Crippen LogP) is 2.87. The molecule has 4 aliphatic rings. The second kappa shape index (κ2) is 13.2. The third-order valence-electron chi connectivity index (χ3n) is 9.99. The van der Waals surface area contributed by atoms with Gasteiger partial charge in [0.25, 0.3) is 5.91 Å². The van der Waals surface area contributed by atoms with Crippen LogP contribution in [0.2, 0.25) is 0 Å². The lowest BCUT2D eigenvalue weighted by Crippen LogP contribution is -2.71. The highest BCUT2D eigenvalue weighted by molar-refractivity contribution is 6.23. The van der Waals surface area contributed by atoms with Gasteiger partial charge in [0.2, 0.25) is 17.7 Å². The quantitative estimate of drug-likeness (QED) is 0.431. The van der Waals surface area contributed by atoms with Crippen molar-refractivity contribution in [2.24, 2.45) is 17.8 Å². The van der Waals surface area contributed by atoms with Gasteiger partial charge in [-0.05, 0) is 43.9 Å². The molecule has 4 atom stereocenters. The van der Waals surface area contributed by atoms with Crippen LogP contribution in [0.4, 0.5) is 10.5 Å². The van der Waals surface area contributed by atoms with Crippen LogP contribution in [0.15, 0.2) is 71.8 Å². The van der Waals surface area contributed by atoms with Crippen LogP contribution >= 0.6 is 0 Å². The van der Waals surface area contributed by atoms with Crippen LogP contribution in [0, 0.1) is 17.8 Å². The number of urea groups is 1. The van der Waals surface area contributed by atoms with Gasteiger partial charge in [0.15, 0.2) is 0 Å². The molecule has 2 N–H and O–H groups in total. The van der Waals surface area contributed by atoms with E-state index in [9.17, 15) is 24.0 Å². The maximum atomic E-state index is 14.5. The zero-order chi connectivity index (χ0) is 32.4. The van der Waals surface area contributed by atoms with Crippen LogP contribution in [0.25, 0.3) is 0 Å². The van der Waals surface area contributed by atoms with Crippen molar-refractivity contribution in [2.45, 2.75) is 45.2 Å². The zero-order valence-electron chi connectivity index (χ0n) is 26.4. The summed E-state index contributed by atoms with van der Waals surface area (Å²) in [6.07, 6.45) is 1.09. The summed E-state index contributed by atoms with van der Waals surface area (Å²) in [5.74, 6) is -4.28. The molecule has 2 aromatic carbocycles. The molecule has 3 aliphatic heterocycles. The second-order valence-corrected chi connectivity index (χ2v) is 12.5. The van der Waals surface area contributed by atoms with Gasteiger partial charge < -0.3 is 15.4 Å². The Labute approximate surface area is 268 Å². The van der Waals surface area contributed by atoms with E-state index in [1.807, 2.05) is 43.3 Å². The predicted molar refractivity (Wildman–Crippen MR) is 170 cm³/mol. The lowest BCUT2D eigenvalue weighted by Gasteiger charge is -2.52. The van der Waals surface area contributed by atoms with Crippen LogP contribution in [-0.2, 0) is 30.5 Å². The Balaban J connectivity index is 1.39. The summed E-state index contributed by atoms with van der Waals surface area (Å²) in [6, 6.07) is 17.4. The number of fused-ring (bicyclic) bond motifs is 3. The number of hydrogen-bond donors (Lipinski definition) is 2. The van der Waals surface area contributed by atoms with Crippen molar-refractivity contribution in [1.82, 2.24) is 20.4 Å². The molecular weight excluding hydrogens is 586 g/mol. The number of amides is 6. The van der Waals surface area contributed by atoms with E-state index >= 15 is 0 Å². The first-order valence-electron chi connectivity index (χ1n) is 16.2. The molecule has 11 nitrogen and oxygen atoms in total. The molecule has 3 fully saturated rings. The summed E-state index contributed by atoms with van der Waals surface area (Å²) in [5, 5.41) is 5.86. The highest BCUT2D eigenvalue weighted by Gasteiger charge is 2.66. The third-order valence-corrected chi connectivity index (χ3v) is 9.99. The Hall–Kier alpha value is -4.35. The van der Waals surface area contributed by atoms with Gasteiger partial charge in [0, 0.05) is 44.2 Å². The highest BCUT2D eigenvalue weighted by atomic mass is 16.5. The number of hydrogen-bond acceptors (Lipinski definition) is 7. The number of benzene rings is 2. The number of imide groups is 2. The summed E-state index contributed by atoms with van der Waals surface area (Å²) in [7, 11) is 0. The molecular formula is C35H41N5O6. The molecule has 1 aliphatic carbocycles. The minimum atomic E-state index is -1.78. The molecule has 242 valence electrons. The van der Waals surface area contributed by atoms with E-state index in [1.54, 1.807) is 31.2 Å². The number of nitrogens with zero attached hydrogens (tertiary/aromatic N) is 3. The standard InChI is InChI=1S/C35H41N5O6/c1-3-25-26-14-15-27-28(32(43)39(30(27)41)24-12-8-5-9-13-24)29(26)35(2,33(44)37-22-23-10-6-4-7-11-23)40(31(25)42)34(45)36-16-17-38-18-20-46-21-19-38/h4-13,27-29H,3,14-22H2,1-2H3,(H,36,45)(H,37,44)/t27-,28-,29+,35+/m1/s1. The van der Waals surface area contributed by atoms with Crippen LogP contribution in [0.5, 0.6) is 0 Å². The molecule has 6 amide bonds. The topological polar surface area (TPSA) is 128 Å². The molecule has 3 heterocycles. The largest absolute Gasteiger partial charge is 0.379 e. The lowest BCUT2D eigenvalue weighted by molar-refractivity contribution is -0.149. The number of ether oxygens (including phenoxy) is 1. The van der Waals surface area contributed by atoms with Gasteiger partial charge in [-0.25, -0.2) is 9.69 Å². The van der Waals surface area contributed by atoms with Gasteiger partial charge in [-0.1, -0.05) is 61.0 Å². The molecule has 2 saturated heterocycles. The van der Waals surface area contributed by atoms with Crippen LogP contribution in [-0.4, -0.2) is 84.4 Å². The first kappa shape index (κ1) is 31.6. The molecule has 0 spiro atoms. The minimum Gasteiger partial charge on any atom is -0.379 e. The van der Waals surface area contributed by atoms with E-state index in [-0.39, 0.29) is 19.0 Å². The highest BCUT2D eigenvalue weighted by Crippen LogP contribution is 2.54. The Bertz CT molecular complexity index is 1540. The molecule has 0 unspecified atom stereocenters. The first-order chi connectivity index (χ1) is 22.3. The zero-order valence-corrected chi connectivity index (χ0v) is 26.4. The number of rotatable bonds is 8. The van der Waals surface area contributed by atoms with Gasteiger partial charge in [-0.2, -0.15) is 0 Å². The average molecular weight is 628 g/mol. The van der Waals surface area contributed by atoms with E-state index < -0.39 is 47.0 Å². The molecule has 6 rings (SSSR count). The maximum absolute atomic E-state index is 14.5. The van der Waals surface area contributed by atoms with Gasteiger partial charge in [0.05, 0.1) is 30.7 Å². The van der Waals surface area contributed by atoms with Crippen molar-refractivity contribution in [2.75, 3.05) is 44.3 Å². The summed E-state index contributed by atoms with van der Waals surface area (Å²) >= 11 is 0. The summed E-state index contributed by atoms with van der Waals surface area (Å²) in [6.45, 7) is 7.11. The van der Waals surface area contributed by atoms with E-state index in [2.05, 4.69) is 15.5 Å². The van der Waals surface area contributed by atoms with Gasteiger partial charge in [-0.3, -0.25) is 29.0 Å². The van der Waals surface area contributed by atoms with E-state index in [0.717, 1.165) is 23.6 Å². The first-order valence-corrected chi connectivity index (χ1v) is 16.2. The number of para-hydroxylation sites is 1. The Morgan fingerprint density at radius 1 is 0.935 bits per heavy atom. The van der Waals surface area contributed by atoms with Gasteiger partial charge >= 0.3 is 6.03 Å². The summed E-state index contributed by atoms with van der Waals surface area (Å²) < 4.78 is 5.42. The average Bonchev–Trinajstić information content (AvgIpc) is 3.33. The van der Waals surface area contributed by atoms with E-state index in [4.69, 9.17) is 4.74 Å². The fraction of sp³-hybridized carbons (Fsp3) is 0.457. The van der Waals surface area contributed by atoms with Crippen LogP contribution in [0.1, 0.15) is 38.7 Å². The van der Waals surface area contributed by atoms with E-state index in [0.29, 0.717) is 55.9 Å². The normalized spacial score (nSPS) is 26.6. The summed E-state index contributed by atoms with van der Waals surface area (Å²) in [5.41, 5.74) is 0.651. The SMILES string of the molecule is CCC1=C2CC[C@H]3C(=O)N(c4ccccc4)C(=O)[C@H]3[C@H]2[C@@](C)(C(=O)NCc2ccccc2)N(C(=O)NCCN2CCOCC2)C1=O. The number of morpholine rings is 1.